The van der Waals surface area contributed by atoms with Crippen molar-refractivity contribution in [3.63, 3.8) is 0 Å². The van der Waals surface area contributed by atoms with Gasteiger partial charge in [0.2, 0.25) is 5.91 Å². The van der Waals surface area contributed by atoms with Gasteiger partial charge in [-0.15, -0.1) is 0 Å². The molecule has 0 atom stereocenters. The minimum Gasteiger partial charge on any atom is -0.497 e. The van der Waals surface area contributed by atoms with Crippen LogP contribution in [0.2, 0.25) is 0 Å². The second kappa shape index (κ2) is 10.4. The predicted molar refractivity (Wildman–Crippen MR) is 110 cm³/mol. The van der Waals surface area contributed by atoms with E-state index in [1.165, 1.54) is 38.3 Å². The number of nitrogens with one attached hydrogen (secondary N) is 2. The van der Waals surface area contributed by atoms with Gasteiger partial charge in [0.25, 0.3) is 5.91 Å². The molecule has 2 amide bonds. The van der Waals surface area contributed by atoms with Crippen molar-refractivity contribution in [2.75, 3.05) is 30.1 Å². The molecule has 2 aromatic rings. The molecule has 2 aromatic carbocycles. The fourth-order valence-electron chi connectivity index (χ4n) is 2.37. The highest BCUT2D eigenvalue weighted by Crippen LogP contribution is 2.17. The Balaban J connectivity index is 1.79. The van der Waals surface area contributed by atoms with E-state index in [1.807, 2.05) is 0 Å². The zero-order valence-corrected chi connectivity index (χ0v) is 17.3. The molecule has 0 radical (unpaired) electrons. The van der Waals surface area contributed by atoms with Crippen LogP contribution in [0.1, 0.15) is 13.3 Å². The molecule has 0 bridgehead atoms. The molecule has 0 fully saturated rings. The van der Waals surface area contributed by atoms with E-state index in [-0.39, 0.29) is 10.8 Å². The first-order valence-corrected chi connectivity index (χ1v) is 10.5. The van der Waals surface area contributed by atoms with E-state index in [9.17, 15) is 22.8 Å². The first-order chi connectivity index (χ1) is 14.2. The second-order valence-corrected chi connectivity index (χ2v) is 8.32. The van der Waals surface area contributed by atoms with Crippen molar-refractivity contribution in [3.05, 3.63) is 48.5 Å². The summed E-state index contributed by atoms with van der Waals surface area (Å²) in [5, 5.41) is 5.08. The van der Waals surface area contributed by atoms with Crippen molar-refractivity contribution in [3.8, 4) is 5.75 Å². The van der Waals surface area contributed by atoms with Crippen LogP contribution in [-0.4, -0.2) is 45.7 Å². The molecule has 0 heterocycles. The number of carbonyl (C=O) groups excluding carboxylic acids is 3. The Hall–Kier alpha value is -3.40. The molecule has 0 aliphatic carbocycles. The number of carbonyl (C=O) groups is 3. The average Bonchev–Trinajstić information content (AvgIpc) is 2.71. The van der Waals surface area contributed by atoms with Crippen LogP contribution in [0.3, 0.4) is 0 Å². The van der Waals surface area contributed by atoms with E-state index in [0.717, 1.165) is 0 Å². The highest BCUT2D eigenvalue weighted by molar-refractivity contribution is 7.91. The number of benzene rings is 2. The summed E-state index contributed by atoms with van der Waals surface area (Å²) in [6, 6.07) is 12.2. The SMILES string of the molecule is COc1ccc(NC(=O)COC(=O)CCS(=O)(=O)c2ccc(NC(C)=O)cc2)cc1. The van der Waals surface area contributed by atoms with Crippen LogP contribution in [0.4, 0.5) is 11.4 Å². The first kappa shape index (κ1) is 22.9. The lowest BCUT2D eigenvalue weighted by Crippen LogP contribution is -2.22. The largest absolute Gasteiger partial charge is 0.497 e. The van der Waals surface area contributed by atoms with Crippen LogP contribution in [0.5, 0.6) is 5.75 Å². The minimum absolute atomic E-state index is 0.0154. The highest BCUT2D eigenvalue weighted by atomic mass is 32.2. The summed E-state index contributed by atoms with van der Waals surface area (Å²) < 4.78 is 34.5. The third-order valence-corrected chi connectivity index (χ3v) is 5.58. The lowest BCUT2D eigenvalue weighted by Gasteiger charge is -2.08. The Kier molecular flexibility index (Phi) is 7.93. The fourth-order valence-corrected chi connectivity index (χ4v) is 3.60. The van der Waals surface area contributed by atoms with Gasteiger partial charge in [0.15, 0.2) is 16.4 Å². The van der Waals surface area contributed by atoms with Gasteiger partial charge in [0, 0.05) is 18.3 Å². The van der Waals surface area contributed by atoms with Crippen molar-refractivity contribution in [1.29, 1.82) is 0 Å². The molecule has 0 saturated carbocycles. The van der Waals surface area contributed by atoms with Gasteiger partial charge in [-0.3, -0.25) is 14.4 Å². The Bertz CT molecular complexity index is 1000. The van der Waals surface area contributed by atoms with Crippen LogP contribution in [0.15, 0.2) is 53.4 Å². The topological polar surface area (TPSA) is 128 Å². The van der Waals surface area contributed by atoms with E-state index >= 15 is 0 Å². The van der Waals surface area contributed by atoms with Gasteiger partial charge in [0.1, 0.15) is 5.75 Å². The van der Waals surface area contributed by atoms with Crippen molar-refractivity contribution < 1.29 is 32.3 Å². The molecule has 0 saturated heterocycles. The van der Waals surface area contributed by atoms with E-state index in [0.29, 0.717) is 17.1 Å². The average molecular weight is 434 g/mol. The molecule has 0 aliphatic heterocycles. The van der Waals surface area contributed by atoms with E-state index in [1.54, 1.807) is 24.3 Å². The maximum atomic E-state index is 12.3. The number of amides is 2. The van der Waals surface area contributed by atoms with Gasteiger partial charge in [0.05, 0.1) is 24.2 Å². The van der Waals surface area contributed by atoms with E-state index < -0.39 is 40.5 Å². The third kappa shape index (κ3) is 7.21. The molecule has 30 heavy (non-hydrogen) atoms. The summed E-state index contributed by atoms with van der Waals surface area (Å²) in [7, 11) is -2.20. The van der Waals surface area contributed by atoms with E-state index in [4.69, 9.17) is 9.47 Å². The van der Waals surface area contributed by atoms with Gasteiger partial charge < -0.3 is 20.1 Å². The van der Waals surface area contributed by atoms with Crippen molar-refractivity contribution in [1.82, 2.24) is 0 Å². The predicted octanol–water partition coefficient (Wildman–Crippen LogP) is 2.00. The fraction of sp³-hybridized carbons (Fsp3) is 0.250. The van der Waals surface area contributed by atoms with Gasteiger partial charge in [-0.2, -0.15) is 0 Å². The second-order valence-electron chi connectivity index (χ2n) is 6.21. The maximum Gasteiger partial charge on any atom is 0.307 e. The molecule has 0 aliphatic rings. The number of hydrogen-bond donors (Lipinski definition) is 2. The normalized spacial score (nSPS) is 10.7. The van der Waals surface area contributed by atoms with Gasteiger partial charge in [-0.05, 0) is 48.5 Å². The minimum atomic E-state index is -3.72. The Morgan fingerprint density at radius 3 is 2.03 bits per heavy atom. The summed E-state index contributed by atoms with van der Waals surface area (Å²) in [6.45, 7) is 0.809. The Morgan fingerprint density at radius 1 is 0.900 bits per heavy atom. The van der Waals surface area contributed by atoms with E-state index in [2.05, 4.69) is 10.6 Å². The summed E-state index contributed by atoms with van der Waals surface area (Å²) in [5.41, 5.74) is 0.964. The van der Waals surface area contributed by atoms with Gasteiger partial charge >= 0.3 is 5.97 Å². The number of sulfone groups is 1. The number of esters is 1. The molecule has 2 N–H and O–H groups in total. The summed E-state index contributed by atoms with van der Waals surface area (Å²) in [6.07, 6.45) is -0.397. The molecule has 160 valence electrons. The lowest BCUT2D eigenvalue weighted by atomic mass is 10.3. The molecule has 0 spiro atoms. The molecular weight excluding hydrogens is 412 g/mol. The quantitative estimate of drug-likeness (QED) is 0.578. The van der Waals surface area contributed by atoms with Crippen LogP contribution < -0.4 is 15.4 Å². The number of methoxy groups -OCH3 is 1. The number of hydrogen-bond acceptors (Lipinski definition) is 7. The summed E-state index contributed by atoms with van der Waals surface area (Å²) in [4.78, 5) is 34.7. The smallest absolute Gasteiger partial charge is 0.307 e. The number of ether oxygens (including phenoxy) is 2. The van der Waals surface area contributed by atoms with Gasteiger partial charge in [-0.1, -0.05) is 0 Å². The summed E-state index contributed by atoms with van der Waals surface area (Å²) >= 11 is 0. The molecule has 0 aromatic heterocycles. The first-order valence-electron chi connectivity index (χ1n) is 8.89. The molecule has 9 nitrogen and oxygen atoms in total. The number of anilines is 2. The van der Waals surface area contributed by atoms with Crippen LogP contribution in [0.25, 0.3) is 0 Å². The van der Waals surface area contributed by atoms with Gasteiger partial charge in [-0.25, -0.2) is 8.42 Å². The molecule has 10 heteroatoms. The van der Waals surface area contributed by atoms with Crippen LogP contribution >= 0.6 is 0 Å². The monoisotopic (exact) mass is 434 g/mol. The zero-order chi connectivity index (χ0) is 22.1. The van der Waals surface area contributed by atoms with Crippen molar-refractivity contribution in [2.24, 2.45) is 0 Å². The molecule has 2 rings (SSSR count). The van der Waals surface area contributed by atoms with Crippen LogP contribution in [-0.2, 0) is 29.0 Å². The van der Waals surface area contributed by atoms with Crippen molar-refractivity contribution in [2.45, 2.75) is 18.2 Å². The Labute approximate surface area is 174 Å². The lowest BCUT2D eigenvalue weighted by molar-refractivity contribution is -0.146. The Morgan fingerprint density at radius 2 is 1.47 bits per heavy atom. The standard InChI is InChI=1S/C20H22N2O7S/c1-14(23)21-15-5-9-18(10-6-15)30(26,27)12-11-20(25)29-13-19(24)22-16-3-7-17(28-2)8-4-16/h3-10H,11-13H2,1-2H3,(H,21,23)(H,22,24). The highest BCUT2D eigenvalue weighted by Gasteiger charge is 2.18. The molecular formula is C20H22N2O7S. The maximum absolute atomic E-state index is 12.3. The summed E-state index contributed by atoms with van der Waals surface area (Å²) in [5.74, 6) is -1.47. The van der Waals surface area contributed by atoms with Crippen molar-refractivity contribution >= 4 is 39.0 Å². The molecule has 0 unspecified atom stereocenters. The third-order valence-electron chi connectivity index (χ3n) is 3.85. The zero-order valence-electron chi connectivity index (χ0n) is 16.5. The number of rotatable bonds is 9. The van der Waals surface area contributed by atoms with Crippen LogP contribution in [0, 0.1) is 0 Å².